The standard InChI is InChI=1S/C112H72N4/c1-7-32-74(33-8-1)103-71-106(95-69-67-91(86-47-20-22-49-88(86)95)97-56-31-58-99-93-51-24-26-61-102(93)112(108(97)99,81-42-15-5-16-43-81)82-44-17-6-18-45-82)116-110(114-103)100-59-29-53-84-83(52-28-54-89(84)100)78-37-27-36-77(70-78)73-62-64-75(65-63-73)104-72-105(115-109(113-104)76-34-9-2-10-35-76)94-68-66-90(85-46-19-21-48-87(85)94)96-55-30-57-98-92-50-23-25-60-101(92)111(107(96)98,79-38-11-3-12-39-79)80-40-13-4-14-41-80/h1-72H. The minimum Gasteiger partial charge on any atom is -0.228 e. The molecule has 20 aromatic rings. The van der Waals surface area contributed by atoms with Crippen LogP contribution in [-0.4, -0.2) is 19.9 Å². The van der Waals surface area contributed by atoms with Gasteiger partial charge >= 0.3 is 0 Å². The lowest BCUT2D eigenvalue weighted by molar-refractivity contribution is 0.770. The lowest BCUT2D eigenvalue weighted by Gasteiger charge is -2.35. The highest BCUT2D eigenvalue weighted by atomic mass is 14.9. The van der Waals surface area contributed by atoms with Crippen molar-refractivity contribution in [3.05, 3.63) is 481 Å². The van der Waals surface area contributed by atoms with Crippen molar-refractivity contribution in [3.63, 3.8) is 0 Å². The van der Waals surface area contributed by atoms with Gasteiger partial charge in [-0.3, -0.25) is 0 Å². The Morgan fingerprint density at radius 3 is 0.914 bits per heavy atom. The SMILES string of the molecule is c1ccc(-c2cc(-c3ccc(-c4cccc5c4C(c4ccccc4)(c4ccccc4)c4ccccc4-5)c4ccccc34)nc(-c3cccc4c(-c5cccc(-c6ccc(-c7cc(-c8ccc(-c9cccc%10c9C(c9ccccc9)(c9ccccc9)c9ccccc9-%10)c9ccccc89)nc(-c8ccccc8)n7)cc6)c5)cccc34)n2)cc1. The Labute approximate surface area is 674 Å². The Kier molecular flexibility index (Phi) is 16.3. The summed E-state index contributed by atoms with van der Waals surface area (Å²) in [5.74, 6) is 1.32. The van der Waals surface area contributed by atoms with E-state index in [2.05, 4.69) is 431 Å². The maximum atomic E-state index is 5.66. The van der Waals surface area contributed by atoms with Gasteiger partial charge in [0, 0.05) is 33.4 Å². The zero-order chi connectivity index (χ0) is 76.7. The summed E-state index contributed by atoms with van der Waals surface area (Å²) in [6.45, 7) is 0. The van der Waals surface area contributed by atoms with Crippen LogP contribution < -0.4 is 0 Å². The molecule has 4 nitrogen and oxygen atoms in total. The van der Waals surface area contributed by atoms with E-state index >= 15 is 0 Å². The van der Waals surface area contributed by atoms with Gasteiger partial charge in [0.1, 0.15) is 0 Å². The molecule has 0 saturated carbocycles. The summed E-state index contributed by atoms with van der Waals surface area (Å²) in [5.41, 5.74) is 32.5. The average Bonchev–Trinajstić information content (AvgIpc) is 1.54. The second-order valence-electron chi connectivity index (χ2n) is 30.4. The van der Waals surface area contributed by atoms with Gasteiger partial charge in [-0.25, -0.2) is 19.9 Å². The van der Waals surface area contributed by atoms with Crippen molar-refractivity contribution in [2.45, 2.75) is 10.8 Å². The number of benzene rings is 18. The predicted octanol–water partition coefficient (Wildman–Crippen LogP) is 28.1. The molecule has 0 spiro atoms. The third-order valence-corrected chi connectivity index (χ3v) is 24.3. The van der Waals surface area contributed by atoms with Gasteiger partial charge in [-0.05, 0) is 162 Å². The third kappa shape index (κ3) is 10.9. The molecule has 2 aliphatic carbocycles. The molecule has 0 N–H and O–H groups in total. The second kappa shape index (κ2) is 28.0. The number of nitrogens with zero attached hydrogens (tertiary/aromatic N) is 4. The lowest BCUT2D eigenvalue weighted by atomic mass is 9.66. The van der Waals surface area contributed by atoms with Crippen molar-refractivity contribution >= 4 is 32.3 Å². The van der Waals surface area contributed by atoms with Crippen LogP contribution in [0.25, 0.3) is 167 Å². The van der Waals surface area contributed by atoms with Gasteiger partial charge in [-0.2, -0.15) is 0 Å². The number of aromatic nitrogens is 4. The molecule has 2 heterocycles. The number of hydrogen-bond donors (Lipinski definition) is 0. The maximum absolute atomic E-state index is 5.66. The van der Waals surface area contributed by atoms with E-state index in [4.69, 9.17) is 19.9 Å². The smallest absolute Gasteiger partial charge is 0.161 e. The Morgan fingerprint density at radius 2 is 0.431 bits per heavy atom. The van der Waals surface area contributed by atoms with E-state index in [1.54, 1.807) is 0 Å². The zero-order valence-corrected chi connectivity index (χ0v) is 63.4. The molecule has 2 aliphatic rings. The minimum absolute atomic E-state index is 0.574. The molecular weight excluding hydrogens is 1400 g/mol. The maximum Gasteiger partial charge on any atom is 0.161 e. The Hall–Kier alpha value is -15.1. The fraction of sp³-hybridized carbons (Fsp3) is 0.0179. The number of hydrogen-bond acceptors (Lipinski definition) is 4. The van der Waals surface area contributed by atoms with Gasteiger partial charge in [0.05, 0.1) is 33.6 Å². The van der Waals surface area contributed by atoms with Crippen LogP contribution in [0.1, 0.15) is 44.5 Å². The first-order valence-corrected chi connectivity index (χ1v) is 39.9. The molecular formula is C112H72N4. The number of rotatable bonds is 14. The Balaban J connectivity index is 0.616. The van der Waals surface area contributed by atoms with Crippen LogP contribution in [0.15, 0.2) is 437 Å². The third-order valence-electron chi connectivity index (χ3n) is 24.3. The fourth-order valence-electron chi connectivity index (χ4n) is 19.3. The van der Waals surface area contributed by atoms with E-state index in [9.17, 15) is 0 Å². The summed E-state index contributed by atoms with van der Waals surface area (Å²) in [6.07, 6.45) is 0. The second-order valence-corrected chi connectivity index (χ2v) is 30.4. The topological polar surface area (TPSA) is 51.6 Å². The van der Waals surface area contributed by atoms with Crippen LogP contribution in [0.2, 0.25) is 0 Å². The van der Waals surface area contributed by atoms with Gasteiger partial charge in [0.2, 0.25) is 0 Å². The van der Waals surface area contributed by atoms with E-state index in [0.29, 0.717) is 11.6 Å². The van der Waals surface area contributed by atoms with Crippen molar-refractivity contribution in [2.75, 3.05) is 0 Å². The molecule has 540 valence electrons. The molecule has 18 aromatic carbocycles. The van der Waals surface area contributed by atoms with Crippen molar-refractivity contribution in [2.24, 2.45) is 0 Å². The molecule has 0 fully saturated rings. The average molecular weight is 1470 g/mol. The van der Waals surface area contributed by atoms with E-state index in [0.717, 1.165) is 111 Å². The van der Waals surface area contributed by atoms with Crippen LogP contribution in [0.3, 0.4) is 0 Å². The van der Waals surface area contributed by atoms with Crippen LogP contribution in [0.4, 0.5) is 0 Å². The monoisotopic (exact) mass is 1470 g/mol. The summed E-state index contributed by atoms with van der Waals surface area (Å²) < 4.78 is 0. The quantitative estimate of drug-likeness (QED) is 0.109. The molecule has 0 aliphatic heterocycles. The molecule has 0 amide bonds. The first kappa shape index (κ1) is 67.8. The van der Waals surface area contributed by atoms with Crippen LogP contribution in [0.5, 0.6) is 0 Å². The molecule has 0 bridgehead atoms. The van der Waals surface area contributed by atoms with Gasteiger partial charge < -0.3 is 0 Å². The Bertz CT molecular complexity index is 7150. The van der Waals surface area contributed by atoms with Crippen LogP contribution >= 0.6 is 0 Å². The van der Waals surface area contributed by atoms with Crippen LogP contribution in [0, 0.1) is 0 Å². The van der Waals surface area contributed by atoms with E-state index < -0.39 is 10.8 Å². The van der Waals surface area contributed by atoms with Gasteiger partial charge in [0.15, 0.2) is 11.6 Å². The van der Waals surface area contributed by atoms with E-state index in [1.807, 2.05) is 6.07 Å². The summed E-state index contributed by atoms with van der Waals surface area (Å²) in [5, 5.41) is 6.71. The first-order chi connectivity index (χ1) is 57.5. The summed E-state index contributed by atoms with van der Waals surface area (Å²) >= 11 is 0. The highest BCUT2D eigenvalue weighted by molar-refractivity contribution is 6.10. The summed E-state index contributed by atoms with van der Waals surface area (Å²) in [4.78, 5) is 22.0. The fourth-order valence-corrected chi connectivity index (χ4v) is 19.3. The molecule has 0 unspecified atom stereocenters. The summed E-state index contributed by atoms with van der Waals surface area (Å²) in [6, 6.07) is 159. The predicted molar refractivity (Wildman–Crippen MR) is 479 cm³/mol. The zero-order valence-electron chi connectivity index (χ0n) is 63.4. The van der Waals surface area contributed by atoms with Crippen molar-refractivity contribution < 1.29 is 0 Å². The molecule has 22 rings (SSSR count). The first-order valence-electron chi connectivity index (χ1n) is 39.9. The van der Waals surface area contributed by atoms with Gasteiger partial charge in [0.25, 0.3) is 0 Å². The van der Waals surface area contributed by atoms with E-state index in [1.165, 1.54) is 89.0 Å². The lowest BCUT2D eigenvalue weighted by Crippen LogP contribution is -2.29. The van der Waals surface area contributed by atoms with Crippen molar-refractivity contribution in [1.82, 2.24) is 19.9 Å². The molecule has 0 atom stereocenters. The molecule has 0 saturated heterocycles. The normalized spacial score (nSPS) is 12.8. The highest BCUT2D eigenvalue weighted by Gasteiger charge is 2.49. The van der Waals surface area contributed by atoms with Gasteiger partial charge in [-0.1, -0.05) is 419 Å². The van der Waals surface area contributed by atoms with E-state index in [-0.39, 0.29) is 0 Å². The number of fused-ring (bicyclic) bond motifs is 9. The molecule has 4 heteroatoms. The molecule has 2 aromatic heterocycles. The molecule has 0 radical (unpaired) electrons. The largest absolute Gasteiger partial charge is 0.228 e. The van der Waals surface area contributed by atoms with Crippen LogP contribution in [-0.2, 0) is 10.8 Å². The Morgan fingerprint density at radius 1 is 0.147 bits per heavy atom. The van der Waals surface area contributed by atoms with Crippen molar-refractivity contribution in [1.29, 1.82) is 0 Å². The van der Waals surface area contributed by atoms with Gasteiger partial charge in [-0.15, -0.1) is 0 Å². The van der Waals surface area contributed by atoms with Crippen molar-refractivity contribution in [3.8, 4) is 135 Å². The minimum atomic E-state index is -0.580. The summed E-state index contributed by atoms with van der Waals surface area (Å²) in [7, 11) is 0. The molecule has 116 heavy (non-hydrogen) atoms. The highest BCUT2D eigenvalue weighted by Crippen LogP contribution is 2.62.